The summed E-state index contributed by atoms with van der Waals surface area (Å²) in [6.45, 7) is 6.91. The van der Waals surface area contributed by atoms with Crippen LogP contribution in [-0.4, -0.2) is 51.5 Å². The van der Waals surface area contributed by atoms with Crippen molar-refractivity contribution >= 4 is 0 Å². The second kappa shape index (κ2) is 11.4. The minimum Gasteiger partial charge on any atom is -0.383 e. The van der Waals surface area contributed by atoms with Crippen molar-refractivity contribution in [2.45, 2.75) is 19.8 Å². The third-order valence-electron chi connectivity index (χ3n) is 2.05. The van der Waals surface area contributed by atoms with Gasteiger partial charge in [0.2, 0.25) is 0 Å². The largest absolute Gasteiger partial charge is 0.383 e. The van der Waals surface area contributed by atoms with Gasteiger partial charge in [0.15, 0.2) is 0 Å². The Morgan fingerprint density at radius 3 is 2.47 bits per heavy atom. The van der Waals surface area contributed by atoms with Crippen LogP contribution >= 0.6 is 0 Å². The number of hydrogen-bond acceptors (Lipinski definition) is 4. The summed E-state index contributed by atoms with van der Waals surface area (Å²) in [7, 11) is 1.69. The summed E-state index contributed by atoms with van der Waals surface area (Å²) in [5.74, 6) is 0. The molecule has 0 N–H and O–H groups in total. The summed E-state index contributed by atoms with van der Waals surface area (Å²) >= 11 is 0. The Hall–Kier alpha value is -0.630. The summed E-state index contributed by atoms with van der Waals surface area (Å²) in [6.07, 6.45) is 1.62. The molecule has 0 aromatic rings. The van der Waals surface area contributed by atoms with E-state index in [0.717, 1.165) is 39.3 Å². The summed E-state index contributed by atoms with van der Waals surface area (Å²) in [5, 5.41) is 8.51. The van der Waals surface area contributed by atoms with Crippen molar-refractivity contribution in [3.8, 4) is 6.07 Å². The van der Waals surface area contributed by atoms with Crippen molar-refractivity contribution in [1.82, 2.24) is 4.90 Å². The monoisotopic (exact) mass is 214 g/mol. The maximum atomic E-state index is 8.51. The predicted molar refractivity (Wildman–Crippen MR) is 59.7 cm³/mol. The molecule has 0 bridgehead atoms. The fraction of sp³-hybridized carbons (Fsp3) is 0.909. The Morgan fingerprint density at radius 2 is 1.87 bits per heavy atom. The lowest BCUT2D eigenvalue weighted by Crippen LogP contribution is -2.31. The number of methoxy groups -OCH3 is 1. The highest BCUT2D eigenvalue weighted by molar-refractivity contribution is 4.72. The van der Waals surface area contributed by atoms with E-state index in [0.29, 0.717) is 13.0 Å². The molecule has 0 unspecified atom stereocenters. The van der Waals surface area contributed by atoms with Crippen LogP contribution in [0.5, 0.6) is 0 Å². The van der Waals surface area contributed by atoms with Crippen LogP contribution in [0.4, 0.5) is 0 Å². The number of hydrogen-bond donors (Lipinski definition) is 0. The first-order chi connectivity index (χ1) is 7.35. The minimum absolute atomic E-state index is 0.567. The van der Waals surface area contributed by atoms with Crippen LogP contribution < -0.4 is 0 Å². The van der Waals surface area contributed by atoms with Gasteiger partial charge in [0.25, 0.3) is 0 Å². The summed E-state index contributed by atoms with van der Waals surface area (Å²) < 4.78 is 10.4. The van der Waals surface area contributed by atoms with E-state index in [1.807, 2.05) is 0 Å². The predicted octanol–water partition coefficient (Wildman–Crippen LogP) is 1.28. The van der Waals surface area contributed by atoms with Gasteiger partial charge >= 0.3 is 0 Å². The van der Waals surface area contributed by atoms with Crippen molar-refractivity contribution < 1.29 is 9.47 Å². The van der Waals surface area contributed by atoms with E-state index in [2.05, 4.69) is 17.9 Å². The molecule has 0 aliphatic rings. The molecule has 0 spiro atoms. The molecule has 0 saturated heterocycles. The zero-order valence-corrected chi connectivity index (χ0v) is 9.87. The SMILES string of the molecule is CCCOCCN(CCC#N)CCOC. The average Bonchev–Trinajstić information content (AvgIpc) is 2.27. The topological polar surface area (TPSA) is 45.5 Å². The first-order valence-electron chi connectivity index (χ1n) is 5.51. The molecular weight excluding hydrogens is 192 g/mol. The van der Waals surface area contributed by atoms with E-state index >= 15 is 0 Å². The lowest BCUT2D eigenvalue weighted by atomic mass is 10.4. The standard InChI is InChI=1S/C11H22N2O2/c1-3-9-15-11-8-13(6-4-5-12)7-10-14-2/h3-4,6-11H2,1-2H3. The van der Waals surface area contributed by atoms with Crippen LogP contribution in [0.2, 0.25) is 0 Å². The van der Waals surface area contributed by atoms with Gasteiger partial charge in [-0.05, 0) is 6.42 Å². The lowest BCUT2D eigenvalue weighted by Gasteiger charge is -2.20. The Labute approximate surface area is 92.8 Å². The van der Waals surface area contributed by atoms with E-state index in [9.17, 15) is 0 Å². The van der Waals surface area contributed by atoms with Gasteiger partial charge in [0.05, 0.1) is 19.3 Å². The highest BCUT2D eigenvalue weighted by atomic mass is 16.5. The maximum absolute atomic E-state index is 8.51. The van der Waals surface area contributed by atoms with Crippen molar-refractivity contribution in [2.75, 3.05) is 46.6 Å². The summed E-state index contributed by atoms with van der Waals surface area (Å²) in [5.41, 5.74) is 0. The van der Waals surface area contributed by atoms with Crippen LogP contribution in [-0.2, 0) is 9.47 Å². The molecule has 0 amide bonds. The molecule has 0 heterocycles. The van der Waals surface area contributed by atoms with Crippen LogP contribution in [0.25, 0.3) is 0 Å². The zero-order chi connectivity index (χ0) is 11.4. The van der Waals surface area contributed by atoms with Gasteiger partial charge in [0, 0.05) is 39.8 Å². The molecule has 0 rings (SSSR count). The fourth-order valence-corrected chi connectivity index (χ4v) is 1.20. The van der Waals surface area contributed by atoms with Crippen molar-refractivity contribution in [2.24, 2.45) is 0 Å². The third-order valence-corrected chi connectivity index (χ3v) is 2.05. The molecule has 15 heavy (non-hydrogen) atoms. The van der Waals surface area contributed by atoms with E-state index in [1.54, 1.807) is 7.11 Å². The first kappa shape index (κ1) is 14.4. The number of rotatable bonds is 10. The third kappa shape index (κ3) is 9.67. The van der Waals surface area contributed by atoms with E-state index in [1.165, 1.54) is 0 Å². The highest BCUT2D eigenvalue weighted by Gasteiger charge is 2.03. The first-order valence-corrected chi connectivity index (χ1v) is 5.51. The molecule has 0 saturated carbocycles. The van der Waals surface area contributed by atoms with Gasteiger partial charge < -0.3 is 9.47 Å². The molecule has 0 aromatic heterocycles. The normalized spacial score (nSPS) is 10.5. The molecule has 4 nitrogen and oxygen atoms in total. The number of ether oxygens (including phenoxy) is 2. The molecule has 0 radical (unpaired) electrons. The Morgan fingerprint density at radius 1 is 1.13 bits per heavy atom. The Kier molecular flexibility index (Phi) is 11.0. The van der Waals surface area contributed by atoms with Crippen molar-refractivity contribution in [1.29, 1.82) is 5.26 Å². The minimum atomic E-state index is 0.567. The van der Waals surface area contributed by atoms with Gasteiger partial charge in [-0.25, -0.2) is 0 Å². The lowest BCUT2D eigenvalue weighted by molar-refractivity contribution is 0.0894. The zero-order valence-electron chi connectivity index (χ0n) is 9.87. The molecule has 88 valence electrons. The van der Waals surface area contributed by atoms with Crippen LogP contribution in [0.1, 0.15) is 19.8 Å². The second-order valence-corrected chi connectivity index (χ2v) is 3.35. The quantitative estimate of drug-likeness (QED) is 0.514. The molecule has 0 atom stereocenters. The van der Waals surface area contributed by atoms with Gasteiger partial charge in [-0.3, -0.25) is 4.90 Å². The molecule has 0 aromatic carbocycles. The molecule has 0 aliphatic carbocycles. The van der Waals surface area contributed by atoms with E-state index in [4.69, 9.17) is 14.7 Å². The van der Waals surface area contributed by atoms with Crippen molar-refractivity contribution in [3.63, 3.8) is 0 Å². The van der Waals surface area contributed by atoms with E-state index in [-0.39, 0.29) is 0 Å². The van der Waals surface area contributed by atoms with Gasteiger partial charge in [0.1, 0.15) is 0 Å². The molecule has 0 aliphatic heterocycles. The fourth-order valence-electron chi connectivity index (χ4n) is 1.20. The Balaban J connectivity index is 3.55. The van der Waals surface area contributed by atoms with E-state index < -0.39 is 0 Å². The van der Waals surface area contributed by atoms with Gasteiger partial charge in [-0.15, -0.1) is 0 Å². The van der Waals surface area contributed by atoms with Crippen molar-refractivity contribution in [3.05, 3.63) is 0 Å². The molecule has 4 heteroatoms. The number of nitrogens with zero attached hydrogens (tertiary/aromatic N) is 2. The van der Waals surface area contributed by atoms with Gasteiger partial charge in [-0.2, -0.15) is 5.26 Å². The number of nitriles is 1. The molecule has 0 fully saturated rings. The van der Waals surface area contributed by atoms with Crippen LogP contribution in [0, 0.1) is 11.3 Å². The van der Waals surface area contributed by atoms with Gasteiger partial charge in [-0.1, -0.05) is 6.92 Å². The van der Waals surface area contributed by atoms with Crippen LogP contribution in [0.15, 0.2) is 0 Å². The summed E-state index contributed by atoms with van der Waals surface area (Å²) in [6, 6.07) is 2.15. The Bertz CT molecular complexity index is 168. The van der Waals surface area contributed by atoms with Crippen LogP contribution in [0.3, 0.4) is 0 Å². The maximum Gasteiger partial charge on any atom is 0.0635 e. The second-order valence-electron chi connectivity index (χ2n) is 3.35. The highest BCUT2D eigenvalue weighted by Crippen LogP contribution is 1.92. The average molecular weight is 214 g/mol. The smallest absolute Gasteiger partial charge is 0.0635 e. The molecular formula is C11H22N2O2. The summed E-state index contributed by atoms with van der Waals surface area (Å²) in [4.78, 5) is 2.20.